The molecule has 0 aliphatic heterocycles. The molecule has 0 spiro atoms. The van der Waals surface area contributed by atoms with E-state index in [-0.39, 0.29) is 5.56 Å². The van der Waals surface area contributed by atoms with Crippen LogP contribution in [0, 0.1) is 0 Å². The Morgan fingerprint density at radius 3 is 1.75 bits per heavy atom. The Bertz CT molecular complexity index is 837. The number of amides is 1. The third-order valence-electron chi connectivity index (χ3n) is 3.05. The Labute approximate surface area is 133 Å². The van der Waals surface area contributed by atoms with Crippen molar-refractivity contribution in [3.63, 3.8) is 0 Å². The number of aromatic hydroxyl groups is 6. The molecule has 0 aromatic heterocycles. The summed E-state index contributed by atoms with van der Waals surface area (Å²) in [5, 5.41) is 67.5. The quantitative estimate of drug-likeness (QED) is 0.297. The number of phenols is 6. The number of rotatable bonds is 3. The molecule has 2 rings (SSSR count). The first-order valence-electron chi connectivity index (χ1n) is 6.21. The first-order chi connectivity index (χ1) is 11.1. The number of phenolic OH excluding ortho intramolecular Hbond substituents is 6. The standard InChI is InChI=1S/C14H11NO9/c16-6-1-4(2-7(17)10(6)19)13(22)15-9-5(14(23)24)3-8(18)11(20)12(9)21/h1-3,16-21H,(H,15,22)(H,23,24). The summed E-state index contributed by atoms with van der Waals surface area (Å²) in [6.45, 7) is 0. The number of aromatic carboxylic acids is 1. The molecular weight excluding hydrogens is 326 g/mol. The molecule has 1 amide bonds. The van der Waals surface area contributed by atoms with Crippen molar-refractivity contribution in [3.05, 3.63) is 29.3 Å². The van der Waals surface area contributed by atoms with Crippen molar-refractivity contribution in [2.45, 2.75) is 0 Å². The van der Waals surface area contributed by atoms with E-state index in [1.165, 1.54) is 0 Å². The van der Waals surface area contributed by atoms with Gasteiger partial charge in [-0.05, 0) is 12.1 Å². The molecule has 0 saturated carbocycles. The van der Waals surface area contributed by atoms with Crippen LogP contribution in [-0.4, -0.2) is 47.6 Å². The first kappa shape index (κ1) is 16.5. The van der Waals surface area contributed by atoms with Gasteiger partial charge in [-0.1, -0.05) is 0 Å². The number of carboxylic acid groups (broad SMARTS) is 1. The fourth-order valence-electron chi connectivity index (χ4n) is 1.86. The van der Waals surface area contributed by atoms with Crippen LogP contribution in [0.3, 0.4) is 0 Å². The number of carbonyl (C=O) groups excluding carboxylic acids is 1. The molecule has 0 aliphatic carbocycles. The molecule has 0 aliphatic rings. The van der Waals surface area contributed by atoms with E-state index in [1.54, 1.807) is 0 Å². The van der Waals surface area contributed by atoms with Crippen molar-refractivity contribution in [3.8, 4) is 34.5 Å². The number of carbonyl (C=O) groups is 2. The predicted octanol–water partition coefficient (Wildman–Crippen LogP) is 0.871. The van der Waals surface area contributed by atoms with Crippen molar-refractivity contribution in [2.75, 3.05) is 5.32 Å². The van der Waals surface area contributed by atoms with E-state index in [2.05, 4.69) is 0 Å². The molecule has 0 heterocycles. The third-order valence-corrected chi connectivity index (χ3v) is 3.05. The van der Waals surface area contributed by atoms with E-state index in [1.807, 2.05) is 5.32 Å². The normalized spacial score (nSPS) is 10.3. The molecule has 0 atom stereocenters. The van der Waals surface area contributed by atoms with Gasteiger partial charge in [0.1, 0.15) is 5.69 Å². The Morgan fingerprint density at radius 2 is 1.25 bits per heavy atom. The summed E-state index contributed by atoms with van der Waals surface area (Å²) in [4.78, 5) is 23.2. The van der Waals surface area contributed by atoms with E-state index in [0.717, 1.165) is 12.1 Å². The Morgan fingerprint density at radius 1 is 0.750 bits per heavy atom. The molecule has 2 aromatic rings. The Kier molecular flexibility index (Phi) is 3.97. The molecular formula is C14H11NO9. The summed E-state index contributed by atoms with van der Waals surface area (Å²) < 4.78 is 0. The number of carboxylic acids is 1. The largest absolute Gasteiger partial charge is 0.504 e. The summed E-state index contributed by atoms with van der Waals surface area (Å²) in [5.41, 5.74) is -1.82. The molecule has 0 unspecified atom stereocenters. The highest BCUT2D eigenvalue weighted by atomic mass is 16.4. The smallest absolute Gasteiger partial charge is 0.338 e. The van der Waals surface area contributed by atoms with Crippen molar-refractivity contribution in [1.82, 2.24) is 0 Å². The lowest BCUT2D eigenvalue weighted by molar-refractivity contribution is 0.0697. The average Bonchev–Trinajstić information content (AvgIpc) is 2.51. The number of hydrogen-bond donors (Lipinski definition) is 8. The summed E-state index contributed by atoms with van der Waals surface area (Å²) in [6, 6.07) is 2.17. The monoisotopic (exact) mass is 337 g/mol. The van der Waals surface area contributed by atoms with Crippen LogP contribution in [0.2, 0.25) is 0 Å². The number of nitrogens with one attached hydrogen (secondary N) is 1. The minimum atomic E-state index is -1.62. The van der Waals surface area contributed by atoms with E-state index in [4.69, 9.17) is 5.11 Å². The Hall–Kier alpha value is -3.82. The van der Waals surface area contributed by atoms with Crippen LogP contribution in [0.5, 0.6) is 34.5 Å². The average molecular weight is 337 g/mol. The summed E-state index contributed by atoms with van der Waals surface area (Å²) in [6.07, 6.45) is 0. The molecule has 0 saturated heterocycles. The molecule has 8 N–H and O–H groups in total. The highest BCUT2D eigenvalue weighted by Gasteiger charge is 2.24. The number of hydrogen-bond acceptors (Lipinski definition) is 8. The van der Waals surface area contributed by atoms with E-state index in [9.17, 15) is 40.2 Å². The van der Waals surface area contributed by atoms with Gasteiger partial charge in [-0.2, -0.15) is 0 Å². The van der Waals surface area contributed by atoms with Crippen molar-refractivity contribution < 1.29 is 45.3 Å². The number of anilines is 1. The fourth-order valence-corrected chi connectivity index (χ4v) is 1.86. The van der Waals surface area contributed by atoms with E-state index >= 15 is 0 Å². The van der Waals surface area contributed by atoms with Gasteiger partial charge in [-0.3, -0.25) is 4.79 Å². The van der Waals surface area contributed by atoms with Gasteiger partial charge in [-0.15, -0.1) is 0 Å². The molecule has 0 bridgehead atoms. The van der Waals surface area contributed by atoms with Crippen LogP contribution in [0.1, 0.15) is 20.7 Å². The first-order valence-corrected chi connectivity index (χ1v) is 6.21. The highest BCUT2D eigenvalue weighted by molar-refractivity contribution is 6.10. The fraction of sp³-hybridized carbons (Fsp3) is 0. The lowest BCUT2D eigenvalue weighted by Gasteiger charge is -2.13. The van der Waals surface area contributed by atoms with Crippen molar-refractivity contribution in [2.24, 2.45) is 0 Å². The lowest BCUT2D eigenvalue weighted by atomic mass is 10.1. The molecule has 126 valence electrons. The second kappa shape index (κ2) is 5.76. The SMILES string of the molecule is O=C(Nc1c(C(=O)O)cc(O)c(O)c1O)c1cc(O)c(O)c(O)c1. The minimum absolute atomic E-state index is 0.383. The maximum Gasteiger partial charge on any atom is 0.338 e. The van der Waals surface area contributed by atoms with Gasteiger partial charge in [0.2, 0.25) is 5.75 Å². The van der Waals surface area contributed by atoms with Crippen LogP contribution in [0.15, 0.2) is 18.2 Å². The maximum absolute atomic E-state index is 12.1. The van der Waals surface area contributed by atoms with Crippen molar-refractivity contribution in [1.29, 1.82) is 0 Å². The zero-order valence-electron chi connectivity index (χ0n) is 11.7. The molecule has 0 fully saturated rings. The maximum atomic E-state index is 12.1. The molecule has 0 radical (unpaired) electrons. The topological polar surface area (TPSA) is 188 Å². The van der Waals surface area contributed by atoms with Gasteiger partial charge in [0.15, 0.2) is 28.7 Å². The Balaban J connectivity index is 2.50. The van der Waals surface area contributed by atoms with Crippen LogP contribution < -0.4 is 5.32 Å². The van der Waals surface area contributed by atoms with E-state index < -0.39 is 57.6 Å². The zero-order chi connectivity index (χ0) is 18.2. The summed E-state index contributed by atoms with van der Waals surface area (Å²) in [5.74, 6) is -8.23. The van der Waals surface area contributed by atoms with Crippen LogP contribution in [-0.2, 0) is 0 Å². The van der Waals surface area contributed by atoms with Gasteiger partial charge in [-0.25, -0.2) is 4.79 Å². The molecule has 2 aromatic carbocycles. The van der Waals surface area contributed by atoms with Gasteiger partial charge < -0.3 is 41.1 Å². The minimum Gasteiger partial charge on any atom is -0.504 e. The van der Waals surface area contributed by atoms with Gasteiger partial charge in [0.05, 0.1) is 5.56 Å². The van der Waals surface area contributed by atoms with Crippen LogP contribution in [0.25, 0.3) is 0 Å². The summed E-state index contributed by atoms with van der Waals surface area (Å²) >= 11 is 0. The third kappa shape index (κ3) is 2.75. The van der Waals surface area contributed by atoms with Gasteiger partial charge in [0, 0.05) is 11.6 Å². The number of benzene rings is 2. The molecule has 10 heteroatoms. The molecule has 10 nitrogen and oxygen atoms in total. The lowest BCUT2D eigenvalue weighted by Crippen LogP contribution is -2.15. The molecule has 24 heavy (non-hydrogen) atoms. The van der Waals surface area contributed by atoms with Gasteiger partial charge in [0.25, 0.3) is 5.91 Å². The second-order valence-electron chi connectivity index (χ2n) is 4.64. The van der Waals surface area contributed by atoms with Crippen LogP contribution in [0.4, 0.5) is 5.69 Å². The summed E-state index contributed by atoms with van der Waals surface area (Å²) in [7, 11) is 0. The zero-order valence-corrected chi connectivity index (χ0v) is 11.7. The van der Waals surface area contributed by atoms with Crippen LogP contribution >= 0.6 is 0 Å². The van der Waals surface area contributed by atoms with E-state index in [0.29, 0.717) is 6.07 Å². The second-order valence-corrected chi connectivity index (χ2v) is 4.64. The predicted molar refractivity (Wildman–Crippen MR) is 77.8 cm³/mol. The van der Waals surface area contributed by atoms with Crippen molar-refractivity contribution >= 4 is 17.6 Å². The van der Waals surface area contributed by atoms with Gasteiger partial charge >= 0.3 is 5.97 Å². The highest BCUT2D eigenvalue weighted by Crippen LogP contribution is 2.43.